The van der Waals surface area contributed by atoms with Crippen LogP contribution in [0.15, 0.2) is 24.3 Å². The molecule has 0 saturated heterocycles. The van der Waals surface area contributed by atoms with Gasteiger partial charge in [0.1, 0.15) is 12.4 Å². The quantitative estimate of drug-likeness (QED) is 0.745. The van der Waals surface area contributed by atoms with E-state index in [1.54, 1.807) is 38.3 Å². The van der Waals surface area contributed by atoms with Crippen LogP contribution in [0.5, 0.6) is 5.75 Å². The van der Waals surface area contributed by atoms with Crippen molar-refractivity contribution in [1.29, 1.82) is 0 Å². The molecule has 20 heavy (non-hydrogen) atoms. The minimum atomic E-state index is -4.23. The van der Waals surface area contributed by atoms with E-state index in [1.807, 2.05) is 0 Å². The lowest BCUT2D eigenvalue weighted by molar-refractivity contribution is -0.140. The molecule has 1 aromatic rings. The molecule has 1 atom stereocenters. The van der Waals surface area contributed by atoms with Crippen LogP contribution < -0.4 is 10.1 Å². The van der Waals surface area contributed by atoms with Gasteiger partial charge in [0.05, 0.1) is 13.0 Å². The molecule has 0 fully saturated rings. The zero-order valence-corrected chi connectivity index (χ0v) is 11.7. The molecule has 0 aliphatic carbocycles. The van der Waals surface area contributed by atoms with Crippen molar-refractivity contribution in [3.63, 3.8) is 0 Å². The number of para-hydroxylation sites is 1. The van der Waals surface area contributed by atoms with Gasteiger partial charge < -0.3 is 14.8 Å². The Morgan fingerprint density at radius 2 is 1.90 bits per heavy atom. The number of alkyl halides is 3. The lowest BCUT2D eigenvalue weighted by Gasteiger charge is -2.22. The standard InChI is InChI=1S/C14H20F3NO2/c1-3-18-12(10-14(15,16)17)11-6-4-5-7-13(11)20-9-8-19-2/h4-7,12,18H,3,8-10H2,1-2H3. The molecule has 0 aromatic heterocycles. The van der Waals surface area contributed by atoms with Crippen LogP contribution in [0.3, 0.4) is 0 Å². The zero-order valence-electron chi connectivity index (χ0n) is 11.7. The lowest BCUT2D eigenvalue weighted by atomic mass is 10.0. The highest BCUT2D eigenvalue weighted by Crippen LogP contribution is 2.33. The molecular formula is C14H20F3NO2. The number of ether oxygens (including phenoxy) is 2. The Morgan fingerprint density at radius 3 is 2.50 bits per heavy atom. The molecule has 0 saturated carbocycles. The highest BCUT2D eigenvalue weighted by atomic mass is 19.4. The number of rotatable bonds is 8. The maximum Gasteiger partial charge on any atom is 0.390 e. The minimum Gasteiger partial charge on any atom is -0.491 e. The highest BCUT2D eigenvalue weighted by molar-refractivity contribution is 5.36. The third kappa shape index (κ3) is 5.79. The molecule has 0 amide bonds. The van der Waals surface area contributed by atoms with Crippen LogP contribution in [0.4, 0.5) is 13.2 Å². The van der Waals surface area contributed by atoms with Crippen LogP contribution in [0.1, 0.15) is 24.9 Å². The molecule has 0 spiro atoms. The Bertz CT molecular complexity index is 396. The molecule has 1 rings (SSSR count). The van der Waals surface area contributed by atoms with E-state index in [0.717, 1.165) is 0 Å². The summed E-state index contributed by atoms with van der Waals surface area (Å²) in [5.74, 6) is 0.458. The van der Waals surface area contributed by atoms with Gasteiger partial charge in [-0.1, -0.05) is 25.1 Å². The molecule has 0 aliphatic rings. The molecule has 114 valence electrons. The van der Waals surface area contributed by atoms with Crippen molar-refractivity contribution in [2.24, 2.45) is 0 Å². The van der Waals surface area contributed by atoms with Gasteiger partial charge in [0.15, 0.2) is 0 Å². The van der Waals surface area contributed by atoms with Gasteiger partial charge in [-0.2, -0.15) is 13.2 Å². The smallest absolute Gasteiger partial charge is 0.390 e. The lowest BCUT2D eigenvalue weighted by Crippen LogP contribution is -2.27. The number of halogens is 3. The number of hydrogen-bond donors (Lipinski definition) is 1. The van der Waals surface area contributed by atoms with Crippen LogP contribution in [0.2, 0.25) is 0 Å². The molecule has 6 heteroatoms. The molecule has 0 radical (unpaired) electrons. The second kappa shape index (κ2) is 8.11. The van der Waals surface area contributed by atoms with Gasteiger partial charge in [0, 0.05) is 18.7 Å². The molecule has 0 bridgehead atoms. The average Bonchev–Trinajstić information content (AvgIpc) is 2.38. The van der Waals surface area contributed by atoms with Gasteiger partial charge in [0.25, 0.3) is 0 Å². The van der Waals surface area contributed by atoms with E-state index in [1.165, 1.54) is 0 Å². The first-order valence-electron chi connectivity index (χ1n) is 6.48. The average molecular weight is 291 g/mol. The van der Waals surface area contributed by atoms with E-state index in [2.05, 4.69) is 5.32 Å². The van der Waals surface area contributed by atoms with Crippen molar-refractivity contribution in [1.82, 2.24) is 5.32 Å². The second-order valence-corrected chi connectivity index (χ2v) is 4.31. The third-order valence-corrected chi connectivity index (χ3v) is 2.73. The number of methoxy groups -OCH3 is 1. The summed E-state index contributed by atoms with van der Waals surface area (Å²) >= 11 is 0. The summed E-state index contributed by atoms with van der Waals surface area (Å²) in [6.45, 7) is 2.92. The SMILES string of the molecule is CCNC(CC(F)(F)F)c1ccccc1OCCOC. The number of nitrogens with one attached hydrogen (secondary N) is 1. The van der Waals surface area contributed by atoms with Gasteiger partial charge in [-0.15, -0.1) is 0 Å². The van der Waals surface area contributed by atoms with Crippen molar-refractivity contribution in [2.75, 3.05) is 26.9 Å². The number of hydrogen-bond acceptors (Lipinski definition) is 3. The van der Waals surface area contributed by atoms with Crippen LogP contribution in [0.25, 0.3) is 0 Å². The molecule has 3 nitrogen and oxygen atoms in total. The van der Waals surface area contributed by atoms with E-state index in [4.69, 9.17) is 9.47 Å². The van der Waals surface area contributed by atoms with E-state index in [-0.39, 0.29) is 0 Å². The Hall–Kier alpha value is -1.27. The van der Waals surface area contributed by atoms with Gasteiger partial charge in [-0.3, -0.25) is 0 Å². The van der Waals surface area contributed by atoms with Crippen molar-refractivity contribution in [3.05, 3.63) is 29.8 Å². The van der Waals surface area contributed by atoms with Crippen LogP contribution in [0, 0.1) is 0 Å². The van der Waals surface area contributed by atoms with E-state index < -0.39 is 18.6 Å². The molecule has 1 N–H and O–H groups in total. The number of benzene rings is 1. The summed E-state index contributed by atoms with van der Waals surface area (Å²) in [5, 5.41) is 2.86. The van der Waals surface area contributed by atoms with Gasteiger partial charge >= 0.3 is 6.18 Å². The monoisotopic (exact) mass is 291 g/mol. The Morgan fingerprint density at radius 1 is 1.20 bits per heavy atom. The molecule has 0 aliphatic heterocycles. The highest BCUT2D eigenvalue weighted by Gasteiger charge is 2.33. The Kier molecular flexibility index (Phi) is 6.81. The molecule has 1 aromatic carbocycles. The summed E-state index contributed by atoms with van der Waals surface area (Å²) in [6, 6.07) is 5.97. The van der Waals surface area contributed by atoms with Gasteiger partial charge in [0.2, 0.25) is 0 Å². The van der Waals surface area contributed by atoms with E-state index >= 15 is 0 Å². The van der Waals surface area contributed by atoms with Crippen molar-refractivity contribution < 1.29 is 22.6 Å². The Labute approximate surface area is 117 Å². The van der Waals surface area contributed by atoms with Crippen molar-refractivity contribution in [2.45, 2.75) is 25.6 Å². The third-order valence-electron chi connectivity index (χ3n) is 2.73. The maximum atomic E-state index is 12.7. The van der Waals surface area contributed by atoms with Crippen LogP contribution in [-0.4, -0.2) is 33.0 Å². The second-order valence-electron chi connectivity index (χ2n) is 4.31. The Balaban J connectivity index is 2.88. The van der Waals surface area contributed by atoms with E-state index in [0.29, 0.717) is 31.1 Å². The van der Waals surface area contributed by atoms with Crippen molar-refractivity contribution in [3.8, 4) is 5.75 Å². The molecular weight excluding hydrogens is 271 g/mol. The summed E-state index contributed by atoms with van der Waals surface area (Å²) in [5.41, 5.74) is 0.516. The predicted molar refractivity (Wildman–Crippen MR) is 70.9 cm³/mol. The van der Waals surface area contributed by atoms with Crippen molar-refractivity contribution >= 4 is 0 Å². The summed E-state index contributed by atoms with van der Waals surface area (Å²) < 4.78 is 48.3. The van der Waals surface area contributed by atoms with Gasteiger partial charge in [-0.25, -0.2) is 0 Å². The van der Waals surface area contributed by atoms with Crippen LogP contribution >= 0.6 is 0 Å². The normalized spacial score (nSPS) is 13.2. The summed E-state index contributed by atoms with van der Waals surface area (Å²) in [6.07, 6.45) is -5.15. The topological polar surface area (TPSA) is 30.5 Å². The summed E-state index contributed by atoms with van der Waals surface area (Å²) in [4.78, 5) is 0. The van der Waals surface area contributed by atoms with Gasteiger partial charge in [-0.05, 0) is 12.6 Å². The molecule has 1 unspecified atom stereocenters. The fraction of sp³-hybridized carbons (Fsp3) is 0.571. The first-order valence-corrected chi connectivity index (χ1v) is 6.48. The summed E-state index contributed by atoms with van der Waals surface area (Å²) in [7, 11) is 1.54. The maximum absolute atomic E-state index is 12.7. The first kappa shape index (κ1) is 16.8. The fourth-order valence-electron chi connectivity index (χ4n) is 1.90. The minimum absolute atomic E-state index is 0.304. The fourth-order valence-corrected chi connectivity index (χ4v) is 1.90. The molecule has 0 heterocycles. The van der Waals surface area contributed by atoms with E-state index in [9.17, 15) is 13.2 Å². The zero-order chi connectivity index (χ0) is 15.0. The largest absolute Gasteiger partial charge is 0.491 e. The van der Waals surface area contributed by atoms with Crippen LogP contribution in [-0.2, 0) is 4.74 Å². The predicted octanol–water partition coefficient (Wildman–Crippen LogP) is 3.31. The first-order chi connectivity index (χ1) is 9.48.